The maximum atomic E-state index is 6.39. The Morgan fingerprint density at radius 3 is 2.26 bits per heavy atom. The molecule has 0 aliphatic carbocycles. The van der Waals surface area contributed by atoms with Gasteiger partial charge in [-0.25, -0.2) is 4.98 Å². The third kappa shape index (κ3) is 6.29. The molecule has 0 unspecified atom stereocenters. The molecule has 0 fully saturated rings. The van der Waals surface area contributed by atoms with Crippen molar-refractivity contribution in [3.8, 4) is 28.7 Å². The standard InChI is InChI=1S/C41H38N4O.Pt/c1-28-23-29(40(2,3)4)15-18-36(28)44-22-21-43(27-44)31-11-10-12-32(25-31)46-33-16-17-35-34-13-8-9-14-37(34)45(38(35)26-33)39-24-30(19-20-42-39)41(5,6)7;/h8-24H,1-7H3;/q-2;. The molecule has 6 heteroatoms. The second-order valence-corrected chi connectivity index (χ2v) is 14.0. The van der Waals surface area contributed by atoms with Gasteiger partial charge in [0.15, 0.2) is 0 Å². The maximum absolute atomic E-state index is 6.39. The van der Waals surface area contributed by atoms with Crippen LogP contribution in [-0.2, 0) is 31.9 Å². The predicted molar refractivity (Wildman–Crippen MR) is 185 cm³/mol. The Kier molecular flexibility index (Phi) is 8.48. The van der Waals surface area contributed by atoms with Crippen LogP contribution in [0.5, 0.6) is 11.5 Å². The summed E-state index contributed by atoms with van der Waals surface area (Å²) in [5.41, 5.74) is 7.78. The van der Waals surface area contributed by atoms with Crippen molar-refractivity contribution in [3.63, 3.8) is 0 Å². The van der Waals surface area contributed by atoms with Crippen LogP contribution in [0.25, 0.3) is 39.0 Å². The number of aromatic nitrogens is 4. The molecule has 240 valence electrons. The first-order chi connectivity index (χ1) is 22.0. The van der Waals surface area contributed by atoms with E-state index in [1.54, 1.807) is 0 Å². The second kappa shape index (κ2) is 12.3. The minimum absolute atomic E-state index is 0. The van der Waals surface area contributed by atoms with Gasteiger partial charge in [0.05, 0.1) is 5.69 Å². The Morgan fingerprint density at radius 2 is 1.49 bits per heavy atom. The van der Waals surface area contributed by atoms with Gasteiger partial charge in [0.1, 0.15) is 5.82 Å². The van der Waals surface area contributed by atoms with Crippen LogP contribution in [0.2, 0.25) is 0 Å². The molecule has 7 rings (SSSR count). The van der Waals surface area contributed by atoms with Gasteiger partial charge in [-0.05, 0) is 69.8 Å². The normalized spacial score (nSPS) is 12.0. The fourth-order valence-corrected chi connectivity index (χ4v) is 5.91. The predicted octanol–water partition coefficient (Wildman–Crippen LogP) is 9.34. The number of pyridine rings is 1. The summed E-state index contributed by atoms with van der Waals surface area (Å²) in [6.07, 6.45) is 9.34. The number of benzene rings is 4. The van der Waals surface area contributed by atoms with Crippen molar-refractivity contribution in [2.45, 2.75) is 59.3 Å². The quantitative estimate of drug-likeness (QED) is 0.129. The average Bonchev–Trinajstić information content (AvgIpc) is 3.64. The molecule has 0 spiro atoms. The molecular formula is C41H38N4OPt-2. The van der Waals surface area contributed by atoms with E-state index in [9.17, 15) is 0 Å². The smallest absolute Gasteiger partial charge is 0.267 e. The van der Waals surface area contributed by atoms with Gasteiger partial charge >= 0.3 is 0 Å². The fourth-order valence-electron chi connectivity index (χ4n) is 5.91. The average molecular weight is 798 g/mol. The molecule has 0 aliphatic rings. The van der Waals surface area contributed by atoms with Crippen molar-refractivity contribution in [2.75, 3.05) is 0 Å². The first-order valence-corrected chi connectivity index (χ1v) is 15.7. The van der Waals surface area contributed by atoms with Gasteiger partial charge in [-0.3, -0.25) is 4.57 Å². The Hall–Kier alpha value is -4.47. The van der Waals surface area contributed by atoms with Crippen molar-refractivity contribution < 1.29 is 30.4 Å². The van der Waals surface area contributed by atoms with Crippen LogP contribution in [-0.4, -0.2) is 14.1 Å². The van der Waals surface area contributed by atoms with Gasteiger partial charge in [0, 0.05) is 56.7 Å². The molecule has 3 heterocycles. The number of rotatable bonds is 5. The van der Waals surface area contributed by atoms with Crippen molar-refractivity contribution in [3.05, 3.63) is 139 Å². The molecule has 0 radical (unpaired) electrons. The van der Waals surface area contributed by atoms with Crippen LogP contribution in [0.1, 0.15) is 58.2 Å². The van der Waals surface area contributed by atoms with Crippen molar-refractivity contribution in [1.82, 2.24) is 14.1 Å². The van der Waals surface area contributed by atoms with Gasteiger partial charge in [0.2, 0.25) is 0 Å². The number of aryl methyl sites for hydroxylation is 1. The van der Waals surface area contributed by atoms with E-state index in [2.05, 4.69) is 132 Å². The van der Waals surface area contributed by atoms with Crippen molar-refractivity contribution in [1.29, 1.82) is 0 Å². The van der Waals surface area contributed by atoms with E-state index < -0.39 is 0 Å². The first kappa shape index (κ1) is 32.5. The molecule has 0 aliphatic heterocycles. The molecule has 0 saturated heterocycles. The van der Waals surface area contributed by atoms with Crippen LogP contribution >= 0.6 is 0 Å². The number of para-hydroxylation sites is 1. The van der Waals surface area contributed by atoms with Crippen molar-refractivity contribution in [2.24, 2.45) is 0 Å². The van der Waals surface area contributed by atoms with Crippen molar-refractivity contribution >= 4 is 21.8 Å². The number of fused-ring (bicyclic) bond motifs is 3. The Bertz CT molecular complexity index is 2230. The van der Waals surface area contributed by atoms with Gasteiger partial charge in [-0.15, -0.1) is 29.7 Å². The van der Waals surface area contributed by atoms with E-state index in [0.29, 0.717) is 11.5 Å². The monoisotopic (exact) mass is 797 g/mol. The van der Waals surface area contributed by atoms with E-state index in [0.717, 1.165) is 39.0 Å². The Morgan fingerprint density at radius 1 is 0.745 bits per heavy atom. The van der Waals surface area contributed by atoms with E-state index in [1.807, 2.05) is 52.0 Å². The molecule has 0 bridgehead atoms. The molecule has 0 amide bonds. The molecule has 7 aromatic rings. The molecular weight excluding hydrogens is 760 g/mol. The summed E-state index contributed by atoms with van der Waals surface area (Å²) in [5, 5.41) is 2.25. The SMILES string of the molecule is Cc1cc(C(C)(C)C)ccc1-[n+]1[c-]n(-c2[c-]c(Oc3[c-]c4c(cc3)c3ccccc3n4-c3cc(C(C)(C)C)ccn3)ccc2)cc1.[Pt]. The molecule has 47 heavy (non-hydrogen) atoms. The zero-order valence-corrected chi connectivity index (χ0v) is 30.1. The van der Waals surface area contributed by atoms with Crippen LogP contribution in [0, 0.1) is 25.4 Å². The summed E-state index contributed by atoms with van der Waals surface area (Å²) in [6, 6.07) is 36.2. The zero-order valence-electron chi connectivity index (χ0n) is 27.8. The largest absolute Gasteiger partial charge is 0.510 e. The summed E-state index contributed by atoms with van der Waals surface area (Å²) in [5.74, 6) is 2.07. The third-order valence-electron chi connectivity index (χ3n) is 8.53. The number of nitrogens with zero attached hydrogens (tertiary/aromatic N) is 4. The van der Waals surface area contributed by atoms with Crippen LogP contribution in [0.15, 0.2) is 104 Å². The van der Waals surface area contributed by atoms with Gasteiger partial charge in [-0.1, -0.05) is 77.4 Å². The number of hydrogen-bond donors (Lipinski definition) is 0. The summed E-state index contributed by atoms with van der Waals surface area (Å²) >= 11 is 0. The van der Waals surface area contributed by atoms with E-state index in [1.165, 1.54) is 16.7 Å². The minimum Gasteiger partial charge on any atom is -0.510 e. The Balaban J connectivity index is 0.00000386. The molecule has 4 aromatic carbocycles. The summed E-state index contributed by atoms with van der Waals surface area (Å²) in [4.78, 5) is 4.79. The van der Waals surface area contributed by atoms with Gasteiger partial charge in [0.25, 0.3) is 6.33 Å². The number of imidazole rings is 1. The second-order valence-electron chi connectivity index (χ2n) is 14.0. The van der Waals surface area contributed by atoms with E-state index >= 15 is 0 Å². The van der Waals surface area contributed by atoms with Crippen LogP contribution < -0.4 is 9.30 Å². The van der Waals surface area contributed by atoms with E-state index in [4.69, 9.17) is 9.72 Å². The first-order valence-electron chi connectivity index (χ1n) is 15.7. The van der Waals surface area contributed by atoms with Gasteiger partial charge in [-0.2, -0.15) is 18.2 Å². The fraction of sp³-hybridized carbons (Fsp3) is 0.220. The minimum atomic E-state index is 0. The topological polar surface area (TPSA) is 35.9 Å². The van der Waals surface area contributed by atoms with Crippen LogP contribution in [0.4, 0.5) is 0 Å². The summed E-state index contributed by atoms with van der Waals surface area (Å²) in [6.45, 7) is 15.5. The molecule has 0 saturated carbocycles. The van der Waals surface area contributed by atoms with Crippen LogP contribution in [0.3, 0.4) is 0 Å². The zero-order chi connectivity index (χ0) is 32.2. The van der Waals surface area contributed by atoms with Gasteiger partial charge < -0.3 is 13.9 Å². The molecule has 0 N–H and O–H groups in total. The number of hydrogen-bond acceptors (Lipinski definition) is 2. The summed E-state index contributed by atoms with van der Waals surface area (Å²) < 4.78 is 12.5. The third-order valence-corrected chi connectivity index (χ3v) is 8.53. The number of ether oxygens (including phenoxy) is 1. The molecule has 5 nitrogen and oxygen atoms in total. The summed E-state index contributed by atoms with van der Waals surface area (Å²) in [7, 11) is 0. The molecule has 0 atom stereocenters. The molecule has 3 aromatic heterocycles. The Labute approximate surface area is 291 Å². The maximum Gasteiger partial charge on any atom is 0.267 e. The van der Waals surface area contributed by atoms with E-state index in [-0.39, 0.29) is 31.9 Å².